The lowest BCUT2D eigenvalue weighted by Gasteiger charge is -2.12. The van der Waals surface area contributed by atoms with Gasteiger partial charge in [-0.15, -0.1) is 0 Å². The van der Waals surface area contributed by atoms with Gasteiger partial charge in [-0.25, -0.2) is 0 Å². The van der Waals surface area contributed by atoms with Crippen molar-refractivity contribution >= 4 is 11.9 Å². The van der Waals surface area contributed by atoms with Crippen LogP contribution in [0.3, 0.4) is 0 Å². The zero-order valence-electron chi connectivity index (χ0n) is 20.4. The fourth-order valence-corrected chi connectivity index (χ4v) is 3.85. The predicted molar refractivity (Wildman–Crippen MR) is 143 cm³/mol. The maximum Gasteiger partial charge on any atom is 0.185 e. The molecule has 0 N–H and O–H groups in total. The van der Waals surface area contributed by atoms with E-state index in [1.807, 2.05) is 78.9 Å². The highest BCUT2D eigenvalue weighted by Crippen LogP contribution is 2.25. The molecule has 0 radical (unpaired) electrons. The van der Waals surface area contributed by atoms with E-state index in [9.17, 15) is 4.79 Å². The normalized spacial score (nSPS) is 11.1. The van der Waals surface area contributed by atoms with Crippen LogP contribution in [0.1, 0.15) is 46.8 Å². The van der Waals surface area contributed by atoms with Gasteiger partial charge in [0.15, 0.2) is 5.78 Å². The molecule has 0 aliphatic carbocycles. The van der Waals surface area contributed by atoms with Crippen molar-refractivity contribution in [2.45, 2.75) is 26.4 Å². The Hall–Kier alpha value is -4.11. The summed E-state index contributed by atoms with van der Waals surface area (Å²) in [5.41, 5.74) is 6.05. The van der Waals surface area contributed by atoms with Crippen molar-refractivity contribution in [3.63, 3.8) is 0 Å². The lowest BCUT2D eigenvalue weighted by Crippen LogP contribution is -1.99. The number of carbonyl (C=O) groups is 1. The van der Waals surface area contributed by atoms with Gasteiger partial charge in [-0.1, -0.05) is 92.7 Å². The highest BCUT2D eigenvalue weighted by Gasteiger charge is 2.07. The van der Waals surface area contributed by atoms with Gasteiger partial charge in [0.2, 0.25) is 0 Å². The molecule has 0 heterocycles. The van der Waals surface area contributed by atoms with Crippen LogP contribution in [0, 0.1) is 0 Å². The van der Waals surface area contributed by atoms with E-state index in [2.05, 4.69) is 38.1 Å². The first-order chi connectivity index (χ1) is 17.0. The average molecular weight is 463 g/mol. The van der Waals surface area contributed by atoms with Crippen molar-refractivity contribution in [1.29, 1.82) is 0 Å². The third-order valence-corrected chi connectivity index (χ3v) is 5.95. The van der Waals surface area contributed by atoms with Crippen LogP contribution in [0.25, 0.3) is 17.2 Å². The van der Waals surface area contributed by atoms with Crippen molar-refractivity contribution < 1.29 is 14.3 Å². The van der Waals surface area contributed by atoms with E-state index >= 15 is 0 Å². The zero-order valence-corrected chi connectivity index (χ0v) is 20.4. The van der Waals surface area contributed by atoms with Crippen LogP contribution in [0.15, 0.2) is 103 Å². The van der Waals surface area contributed by atoms with Crippen LogP contribution in [-0.2, 0) is 6.61 Å². The molecule has 0 unspecified atom stereocenters. The Bertz CT molecular complexity index is 1290. The van der Waals surface area contributed by atoms with Crippen LogP contribution in [0.5, 0.6) is 11.5 Å². The van der Waals surface area contributed by atoms with Crippen molar-refractivity contribution in [3.8, 4) is 22.6 Å². The van der Waals surface area contributed by atoms with Crippen LogP contribution < -0.4 is 9.47 Å². The van der Waals surface area contributed by atoms with Crippen molar-refractivity contribution in [2.75, 3.05) is 7.11 Å². The third kappa shape index (κ3) is 6.27. The molecule has 0 fully saturated rings. The number of allylic oxidation sites excluding steroid dienone is 1. The molecule has 176 valence electrons. The molecule has 3 heteroatoms. The Balaban J connectivity index is 1.43. The van der Waals surface area contributed by atoms with E-state index in [0.29, 0.717) is 18.1 Å². The summed E-state index contributed by atoms with van der Waals surface area (Å²) in [6.45, 7) is 4.64. The number of ketones is 1. The molecule has 0 bridgehead atoms. The molecular formula is C32H30O3. The van der Waals surface area contributed by atoms with E-state index in [-0.39, 0.29) is 5.78 Å². The predicted octanol–water partition coefficient (Wildman–Crippen LogP) is 7.96. The molecule has 4 aromatic rings. The molecular weight excluding hydrogens is 432 g/mol. The molecule has 0 aliphatic heterocycles. The third-order valence-electron chi connectivity index (χ3n) is 5.95. The van der Waals surface area contributed by atoms with Crippen molar-refractivity contribution in [3.05, 3.63) is 125 Å². The number of methoxy groups -OCH3 is 1. The van der Waals surface area contributed by atoms with Gasteiger partial charge in [0.25, 0.3) is 0 Å². The first-order valence-corrected chi connectivity index (χ1v) is 11.8. The Morgan fingerprint density at radius 3 is 2.17 bits per heavy atom. The second-order valence-electron chi connectivity index (χ2n) is 8.72. The summed E-state index contributed by atoms with van der Waals surface area (Å²) >= 11 is 0. The molecule has 0 aliphatic rings. The first kappa shape index (κ1) is 24.0. The van der Waals surface area contributed by atoms with Crippen molar-refractivity contribution in [2.24, 2.45) is 0 Å². The second-order valence-corrected chi connectivity index (χ2v) is 8.72. The average Bonchev–Trinajstić information content (AvgIpc) is 2.91. The Morgan fingerprint density at radius 1 is 0.829 bits per heavy atom. The van der Waals surface area contributed by atoms with E-state index in [0.717, 1.165) is 28.2 Å². The fraction of sp³-hybridized carbons (Fsp3) is 0.156. The summed E-state index contributed by atoms with van der Waals surface area (Å²) in [6, 6.07) is 31.9. The zero-order chi connectivity index (χ0) is 24.6. The molecule has 3 nitrogen and oxygen atoms in total. The number of benzene rings is 4. The standard InChI is InChI=1S/C32H30O3/c1-23(2)25-11-13-28(14-12-25)31(33)19-9-24-10-20-32(34-3)29(21-24)22-35-30-17-15-27(16-18-30)26-7-5-4-6-8-26/h4-21,23H,22H2,1-3H3/b19-9+. The van der Waals surface area contributed by atoms with E-state index in [1.165, 1.54) is 11.1 Å². The van der Waals surface area contributed by atoms with Gasteiger partial charge in [-0.3, -0.25) is 4.79 Å². The molecule has 0 spiro atoms. The smallest absolute Gasteiger partial charge is 0.185 e. The number of carbonyl (C=O) groups excluding carboxylic acids is 1. The molecule has 0 aromatic heterocycles. The first-order valence-electron chi connectivity index (χ1n) is 11.8. The summed E-state index contributed by atoms with van der Waals surface area (Å²) in [7, 11) is 1.65. The largest absolute Gasteiger partial charge is 0.496 e. The van der Waals surface area contributed by atoms with Crippen LogP contribution >= 0.6 is 0 Å². The highest BCUT2D eigenvalue weighted by atomic mass is 16.5. The minimum Gasteiger partial charge on any atom is -0.496 e. The minimum atomic E-state index is -0.0209. The van der Waals surface area contributed by atoms with E-state index < -0.39 is 0 Å². The molecule has 35 heavy (non-hydrogen) atoms. The quantitative estimate of drug-likeness (QED) is 0.187. The summed E-state index contributed by atoms with van der Waals surface area (Å²) in [6.07, 6.45) is 3.44. The number of rotatable bonds is 9. The van der Waals surface area contributed by atoms with E-state index in [4.69, 9.17) is 9.47 Å². The molecule has 0 saturated heterocycles. The monoisotopic (exact) mass is 462 g/mol. The maximum atomic E-state index is 12.6. The topological polar surface area (TPSA) is 35.5 Å². The fourth-order valence-electron chi connectivity index (χ4n) is 3.85. The number of hydrogen-bond donors (Lipinski definition) is 0. The van der Waals surface area contributed by atoms with Gasteiger partial charge in [0.1, 0.15) is 18.1 Å². The lowest BCUT2D eigenvalue weighted by molar-refractivity contribution is 0.104. The van der Waals surface area contributed by atoms with Crippen LogP contribution in [-0.4, -0.2) is 12.9 Å². The van der Waals surface area contributed by atoms with Crippen LogP contribution in [0.2, 0.25) is 0 Å². The Kier molecular flexibility index (Phi) is 7.79. The summed E-state index contributed by atoms with van der Waals surface area (Å²) in [5.74, 6) is 1.95. The number of ether oxygens (including phenoxy) is 2. The molecule has 0 atom stereocenters. The summed E-state index contributed by atoms with van der Waals surface area (Å²) < 4.78 is 11.6. The molecule has 0 amide bonds. The Labute approximate surface area is 207 Å². The summed E-state index contributed by atoms with van der Waals surface area (Å²) in [4.78, 5) is 12.6. The molecule has 0 saturated carbocycles. The van der Waals surface area contributed by atoms with Gasteiger partial charge < -0.3 is 9.47 Å². The number of hydrogen-bond acceptors (Lipinski definition) is 3. The Morgan fingerprint density at radius 2 is 1.51 bits per heavy atom. The summed E-state index contributed by atoms with van der Waals surface area (Å²) in [5, 5.41) is 0. The van der Waals surface area contributed by atoms with Gasteiger partial charge in [0.05, 0.1) is 7.11 Å². The van der Waals surface area contributed by atoms with Gasteiger partial charge >= 0.3 is 0 Å². The minimum absolute atomic E-state index is 0.0209. The highest BCUT2D eigenvalue weighted by molar-refractivity contribution is 6.06. The van der Waals surface area contributed by atoms with Crippen LogP contribution in [0.4, 0.5) is 0 Å². The maximum absolute atomic E-state index is 12.6. The SMILES string of the molecule is COc1ccc(/C=C/C(=O)c2ccc(C(C)C)cc2)cc1COc1ccc(-c2ccccc2)cc1. The lowest BCUT2D eigenvalue weighted by atomic mass is 10.00. The van der Waals surface area contributed by atoms with Crippen molar-refractivity contribution in [1.82, 2.24) is 0 Å². The second kappa shape index (κ2) is 11.3. The van der Waals surface area contributed by atoms with Gasteiger partial charge in [-0.2, -0.15) is 0 Å². The molecule has 4 rings (SSSR count). The van der Waals surface area contributed by atoms with E-state index in [1.54, 1.807) is 13.2 Å². The van der Waals surface area contributed by atoms with Gasteiger partial charge in [0, 0.05) is 11.1 Å². The molecule has 4 aromatic carbocycles. The van der Waals surface area contributed by atoms with Gasteiger partial charge in [-0.05, 0) is 58.5 Å².